The van der Waals surface area contributed by atoms with E-state index >= 15 is 0 Å². The van der Waals surface area contributed by atoms with Gasteiger partial charge in [0.15, 0.2) is 5.82 Å². The summed E-state index contributed by atoms with van der Waals surface area (Å²) in [5.41, 5.74) is 7.22. The Morgan fingerprint density at radius 2 is 2.10 bits per heavy atom. The van der Waals surface area contributed by atoms with E-state index in [-0.39, 0.29) is 24.4 Å². The maximum atomic E-state index is 12.0. The lowest BCUT2D eigenvalue weighted by atomic mass is 10.1. The number of tetrazole rings is 1. The van der Waals surface area contributed by atoms with Gasteiger partial charge in [-0.2, -0.15) is 5.21 Å². The molecule has 0 saturated heterocycles. The average molecular weight is 311 g/mol. The van der Waals surface area contributed by atoms with Crippen LogP contribution in [0.25, 0.3) is 0 Å². The Hall–Kier alpha value is -2.15. The van der Waals surface area contributed by atoms with Gasteiger partial charge in [0.1, 0.15) is 0 Å². The van der Waals surface area contributed by atoms with E-state index in [1.54, 1.807) is 12.1 Å². The number of aromatic nitrogens is 4. The van der Waals surface area contributed by atoms with Crippen LogP contribution in [-0.4, -0.2) is 26.5 Å². The number of halogens is 1. The minimum atomic E-state index is -0.208. The number of nitrogen functional groups attached to an aromatic ring is 1. The number of nitrogens with one attached hydrogen (secondary N) is 2. The molecular formula is C13H19ClN6O. The van der Waals surface area contributed by atoms with Crippen molar-refractivity contribution in [1.29, 1.82) is 0 Å². The highest BCUT2D eigenvalue weighted by Gasteiger charge is 2.17. The van der Waals surface area contributed by atoms with Crippen molar-refractivity contribution in [2.75, 3.05) is 5.73 Å². The molecule has 8 heteroatoms. The molecular weight excluding hydrogens is 292 g/mol. The Bertz CT molecular complexity index is 542. The van der Waals surface area contributed by atoms with Crippen LogP contribution < -0.4 is 11.1 Å². The highest BCUT2D eigenvalue weighted by Crippen LogP contribution is 2.13. The monoisotopic (exact) mass is 310 g/mol. The van der Waals surface area contributed by atoms with Crippen LogP contribution in [0.4, 0.5) is 5.69 Å². The molecule has 1 heterocycles. The van der Waals surface area contributed by atoms with Gasteiger partial charge >= 0.3 is 0 Å². The molecule has 2 aromatic rings. The van der Waals surface area contributed by atoms with E-state index in [1.165, 1.54) is 0 Å². The van der Waals surface area contributed by atoms with E-state index in [0.29, 0.717) is 17.9 Å². The number of aromatic amines is 1. The van der Waals surface area contributed by atoms with Crippen LogP contribution in [0.1, 0.15) is 37.2 Å². The normalized spacial score (nSPS) is 11.5. The minimum Gasteiger partial charge on any atom is -0.399 e. The number of amides is 1. The number of rotatable bonds is 6. The molecule has 4 N–H and O–H groups in total. The topological polar surface area (TPSA) is 110 Å². The molecule has 0 aliphatic rings. The molecule has 1 aromatic heterocycles. The second-order valence-corrected chi connectivity index (χ2v) is 4.60. The van der Waals surface area contributed by atoms with Crippen molar-refractivity contribution < 1.29 is 4.79 Å². The summed E-state index contributed by atoms with van der Waals surface area (Å²) in [6.07, 6.45) is 1.99. The number of nitrogens with two attached hydrogens (primary N) is 1. The molecule has 0 aliphatic carbocycles. The van der Waals surface area contributed by atoms with Crippen molar-refractivity contribution in [1.82, 2.24) is 25.9 Å². The maximum absolute atomic E-state index is 12.0. The van der Waals surface area contributed by atoms with Gasteiger partial charge in [0.05, 0.1) is 12.5 Å². The molecule has 2 rings (SSSR count). The third-order valence-electron chi connectivity index (χ3n) is 2.93. The summed E-state index contributed by atoms with van der Waals surface area (Å²) in [7, 11) is 0. The Morgan fingerprint density at radius 1 is 1.38 bits per heavy atom. The predicted molar refractivity (Wildman–Crippen MR) is 81.8 cm³/mol. The molecule has 0 bridgehead atoms. The second kappa shape index (κ2) is 8.21. The van der Waals surface area contributed by atoms with Crippen molar-refractivity contribution >= 4 is 24.0 Å². The van der Waals surface area contributed by atoms with Crippen LogP contribution in [0, 0.1) is 0 Å². The van der Waals surface area contributed by atoms with Crippen LogP contribution in [-0.2, 0) is 11.2 Å². The zero-order valence-electron chi connectivity index (χ0n) is 11.7. The first kappa shape index (κ1) is 16.9. The standard InChI is InChI=1S/C13H18N6O.ClH/c1-2-3-11(13-16-18-19-17-13)15-12(20)8-9-4-6-10(14)7-5-9;/h4-7,11H,2-3,8,14H2,1H3,(H,15,20)(H,16,17,18,19);1H. The van der Waals surface area contributed by atoms with Gasteiger partial charge in [-0.1, -0.05) is 30.7 Å². The first-order chi connectivity index (χ1) is 9.69. The Morgan fingerprint density at radius 3 is 2.67 bits per heavy atom. The fraction of sp³-hybridized carbons (Fsp3) is 0.385. The molecule has 21 heavy (non-hydrogen) atoms. The number of hydrogen-bond acceptors (Lipinski definition) is 5. The van der Waals surface area contributed by atoms with Crippen LogP contribution in [0.5, 0.6) is 0 Å². The van der Waals surface area contributed by atoms with Crippen molar-refractivity contribution in [3.63, 3.8) is 0 Å². The number of carbonyl (C=O) groups is 1. The number of hydrogen-bond donors (Lipinski definition) is 3. The van der Waals surface area contributed by atoms with E-state index in [1.807, 2.05) is 19.1 Å². The number of nitrogens with zero attached hydrogens (tertiary/aromatic N) is 3. The van der Waals surface area contributed by atoms with Gasteiger partial charge in [0, 0.05) is 5.69 Å². The Labute approximate surface area is 129 Å². The first-order valence-corrected chi connectivity index (χ1v) is 6.56. The van der Waals surface area contributed by atoms with Gasteiger partial charge in [0.2, 0.25) is 5.91 Å². The fourth-order valence-corrected chi connectivity index (χ4v) is 1.94. The summed E-state index contributed by atoms with van der Waals surface area (Å²) in [6, 6.07) is 7.05. The lowest BCUT2D eigenvalue weighted by molar-refractivity contribution is -0.121. The predicted octanol–water partition coefficient (Wildman–Crippen LogP) is 1.40. The third-order valence-corrected chi connectivity index (χ3v) is 2.93. The summed E-state index contributed by atoms with van der Waals surface area (Å²) in [6.45, 7) is 2.04. The summed E-state index contributed by atoms with van der Waals surface area (Å²) < 4.78 is 0. The molecule has 7 nitrogen and oxygen atoms in total. The maximum Gasteiger partial charge on any atom is 0.225 e. The zero-order valence-corrected chi connectivity index (χ0v) is 12.6. The highest BCUT2D eigenvalue weighted by molar-refractivity contribution is 5.85. The van der Waals surface area contributed by atoms with Crippen molar-refractivity contribution in [3.05, 3.63) is 35.7 Å². The summed E-state index contributed by atoms with van der Waals surface area (Å²) in [5.74, 6) is 0.440. The van der Waals surface area contributed by atoms with E-state index in [9.17, 15) is 4.79 Å². The van der Waals surface area contributed by atoms with Gasteiger partial charge in [0.25, 0.3) is 0 Å². The average Bonchev–Trinajstić information content (AvgIpc) is 2.95. The summed E-state index contributed by atoms with van der Waals surface area (Å²) >= 11 is 0. The fourth-order valence-electron chi connectivity index (χ4n) is 1.94. The van der Waals surface area contributed by atoms with E-state index in [0.717, 1.165) is 18.4 Å². The van der Waals surface area contributed by atoms with Gasteiger partial charge in [-0.25, -0.2) is 0 Å². The highest BCUT2D eigenvalue weighted by atomic mass is 35.5. The number of H-pyrrole nitrogens is 1. The second-order valence-electron chi connectivity index (χ2n) is 4.60. The van der Waals surface area contributed by atoms with Gasteiger partial charge in [-0.05, 0) is 24.1 Å². The van der Waals surface area contributed by atoms with Gasteiger partial charge in [-0.15, -0.1) is 22.6 Å². The summed E-state index contributed by atoms with van der Waals surface area (Å²) in [4.78, 5) is 12.0. The molecule has 1 atom stereocenters. The van der Waals surface area contributed by atoms with Gasteiger partial charge in [-0.3, -0.25) is 4.79 Å². The molecule has 1 unspecified atom stereocenters. The quantitative estimate of drug-likeness (QED) is 0.699. The van der Waals surface area contributed by atoms with E-state index in [2.05, 4.69) is 25.9 Å². The SMILES string of the molecule is CCCC(NC(=O)Cc1ccc(N)cc1)c1nn[nH]n1.Cl. The number of benzene rings is 1. The third kappa shape index (κ3) is 5.03. The van der Waals surface area contributed by atoms with Crippen molar-refractivity contribution in [2.24, 2.45) is 0 Å². The molecule has 0 saturated carbocycles. The lowest BCUT2D eigenvalue weighted by Gasteiger charge is -2.14. The molecule has 0 radical (unpaired) electrons. The van der Waals surface area contributed by atoms with Crippen LogP contribution >= 0.6 is 12.4 Å². The lowest BCUT2D eigenvalue weighted by Crippen LogP contribution is -2.30. The van der Waals surface area contributed by atoms with Crippen molar-refractivity contribution in [3.8, 4) is 0 Å². The molecule has 0 fully saturated rings. The Kier molecular flexibility index (Phi) is 6.61. The Balaban J connectivity index is 0.00000220. The van der Waals surface area contributed by atoms with E-state index < -0.39 is 0 Å². The van der Waals surface area contributed by atoms with Crippen molar-refractivity contribution in [2.45, 2.75) is 32.2 Å². The van der Waals surface area contributed by atoms with E-state index in [4.69, 9.17) is 5.73 Å². The molecule has 0 spiro atoms. The molecule has 1 aromatic carbocycles. The van der Waals surface area contributed by atoms with Crippen LogP contribution in [0.3, 0.4) is 0 Å². The number of carbonyl (C=O) groups excluding carboxylic acids is 1. The van der Waals surface area contributed by atoms with Gasteiger partial charge < -0.3 is 11.1 Å². The van der Waals surface area contributed by atoms with Crippen LogP contribution in [0.2, 0.25) is 0 Å². The van der Waals surface area contributed by atoms with Crippen LogP contribution in [0.15, 0.2) is 24.3 Å². The summed E-state index contributed by atoms with van der Waals surface area (Å²) in [5, 5.41) is 16.7. The largest absolute Gasteiger partial charge is 0.399 e. The smallest absolute Gasteiger partial charge is 0.225 e. The zero-order chi connectivity index (χ0) is 14.4. The molecule has 1 amide bonds. The first-order valence-electron chi connectivity index (χ1n) is 6.56. The number of anilines is 1. The molecule has 114 valence electrons. The minimum absolute atomic E-state index is 0. The molecule has 0 aliphatic heterocycles.